The maximum Gasteiger partial charge on any atom is 0.0356 e. The molecule has 0 aromatic heterocycles. The van der Waals surface area contributed by atoms with Crippen LogP contribution in [0, 0.1) is 12.8 Å². The number of nitrogens with one attached hydrogen (secondary N) is 1. The van der Waals surface area contributed by atoms with E-state index in [0.717, 1.165) is 10.4 Å². The van der Waals surface area contributed by atoms with Gasteiger partial charge < -0.3 is 5.32 Å². The Hall–Kier alpha value is -0.500. The van der Waals surface area contributed by atoms with E-state index in [2.05, 4.69) is 53.3 Å². The predicted molar refractivity (Wildman–Crippen MR) is 69.3 cm³/mol. The Balaban J connectivity index is 2.04. The summed E-state index contributed by atoms with van der Waals surface area (Å²) in [5, 5.41) is 3.62. The Morgan fingerprint density at radius 1 is 1.27 bits per heavy atom. The van der Waals surface area contributed by atoms with Crippen LogP contribution < -0.4 is 5.32 Å². The minimum Gasteiger partial charge on any atom is -0.382 e. The fraction of sp³-hybridized carbons (Fsp3) is 0.538. The zero-order valence-corrected chi connectivity index (χ0v) is 11.0. The minimum absolute atomic E-state index is 0.675. The maximum atomic E-state index is 3.62. The highest BCUT2D eigenvalue weighted by Crippen LogP contribution is 2.28. The summed E-state index contributed by atoms with van der Waals surface area (Å²) in [4.78, 5) is 0. The third-order valence-corrected chi connectivity index (χ3v) is 3.57. The lowest BCUT2D eigenvalue weighted by Gasteiger charge is -2.14. The molecule has 2 atom stereocenters. The van der Waals surface area contributed by atoms with E-state index in [1.54, 1.807) is 0 Å². The number of benzene rings is 1. The minimum atomic E-state index is 0.675. The Morgan fingerprint density at radius 3 is 2.67 bits per heavy atom. The number of rotatable bonds is 2. The number of hydrogen-bond acceptors (Lipinski definition) is 1. The molecule has 1 aliphatic rings. The molecule has 1 nitrogen and oxygen atoms in total. The van der Waals surface area contributed by atoms with Gasteiger partial charge in [0.2, 0.25) is 0 Å². The summed E-state index contributed by atoms with van der Waals surface area (Å²) in [6, 6.07) is 7.19. The summed E-state index contributed by atoms with van der Waals surface area (Å²) in [5.41, 5.74) is 2.55. The fourth-order valence-corrected chi connectivity index (χ4v) is 3.00. The molecule has 1 aliphatic carbocycles. The summed E-state index contributed by atoms with van der Waals surface area (Å²) in [6.45, 7) is 4.47. The van der Waals surface area contributed by atoms with Crippen molar-refractivity contribution >= 4 is 21.6 Å². The van der Waals surface area contributed by atoms with Crippen LogP contribution >= 0.6 is 15.9 Å². The molecular weight excluding hydrogens is 250 g/mol. The highest BCUT2D eigenvalue weighted by molar-refractivity contribution is 9.10. The third kappa shape index (κ3) is 2.97. The van der Waals surface area contributed by atoms with Crippen molar-refractivity contribution in [2.24, 2.45) is 5.92 Å². The van der Waals surface area contributed by atoms with Crippen LogP contribution in [0.5, 0.6) is 0 Å². The summed E-state index contributed by atoms with van der Waals surface area (Å²) in [6.07, 6.45) is 3.99. The number of aryl methyl sites for hydroxylation is 1. The molecule has 0 heterocycles. The first-order valence-electron chi connectivity index (χ1n) is 5.67. The average Bonchev–Trinajstić information content (AvgIpc) is 2.49. The van der Waals surface area contributed by atoms with Crippen LogP contribution in [-0.2, 0) is 0 Å². The Morgan fingerprint density at radius 2 is 2.07 bits per heavy atom. The van der Waals surface area contributed by atoms with Gasteiger partial charge in [0.15, 0.2) is 0 Å². The van der Waals surface area contributed by atoms with Gasteiger partial charge >= 0.3 is 0 Å². The van der Waals surface area contributed by atoms with E-state index in [9.17, 15) is 0 Å². The SMILES string of the molecule is Cc1cc(Br)cc(NC2CCC(C)C2)c1. The van der Waals surface area contributed by atoms with Crippen molar-refractivity contribution in [1.82, 2.24) is 0 Å². The molecule has 2 unspecified atom stereocenters. The van der Waals surface area contributed by atoms with Gasteiger partial charge in [-0.05, 0) is 55.9 Å². The molecule has 2 rings (SSSR count). The largest absolute Gasteiger partial charge is 0.382 e. The van der Waals surface area contributed by atoms with Gasteiger partial charge in [-0.25, -0.2) is 0 Å². The van der Waals surface area contributed by atoms with Crippen LogP contribution in [0.2, 0.25) is 0 Å². The normalized spacial score (nSPS) is 25.5. The maximum absolute atomic E-state index is 3.62. The summed E-state index contributed by atoms with van der Waals surface area (Å²) in [5.74, 6) is 0.885. The molecule has 0 saturated heterocycles. The summed E-state index contributed by atoms with van der Waals surface area (Å²) in [7, 11) is 0. The van der Waals surface area contributed by atoms with Crippen molar-refractivity contribution in [2.75, 3.05) is 5.32 Å². The van der Waals surface area contributed by atoms with Gasteiger partial charge in [0.1, 0.15) is 0 Å². The molecule has 82 valence electrons. The van der Waals surface area contributed by atoms with E-state index in [0.29, 0.717) is 6.04 Å². The monoisotopic (exact) mass is 267 g/mol. The van der Waals surface area contributed by atoms with Crippen LogP contribution in [0.4, 0.5) is 5.69 Å². The van der Waals surface area contributed by atoms with Crippen molar-refractivity contribution in [3.05, 3.63) is 28.2 Å². The second-order valence-corrected chi connectivity index (χ2v) is 5.69. The van der Waals surface area contributed by atoms with E-state index in [4.69, 9.17) is 0 Å². The number of anilines is 1. The molecule has 1 fully saturated rings. The molecule has 2 heteroatoms. The summed E-state index contributed by atoms with van der Waals surface area (Å²) < 4.78 is 1.16. The van der Waals surface area contributed by atoms with Crippen molar-refractivity contribution in [1.29, 1.82) is 0 Å². The molecule has 0 spiro atoms. The lowest BCUT2D eigenvalue weighted by atomic mass is 10.1. The molecular formula is C13H18BrN. The number of hydrogen-bond donors (Lipinski definition) is 1. The Kier molecular flexibility index (Phi) is 3.35. The first-order valence-corrected chi connectivity index (χ1v) is 6.46. The molecule has 0 amide bonds. The van der Waals surface area contributed by atoms with Gasteiger partial charge in [0.05, 0.1) is 0 Å². The van der Waals surface area contributed by atoms with Crippen molar-refractivity contribution in [3.63, 3.8) is 0 Å². The zero-order chi connectivity index (χ0) is 10.8. The van der Waals surface area contributed by atoms with E-state index in [-0.39, 0.29) is 0 Å². The van der Waals surface area contributed by atoms with Gasteiger partial charge in [0, 0.05) is 16.2 Å². The van der Waals surface area contributed by atoms with Crippen molar-refractivity contribution in [3.8, 4) is 0 Å². The van der Waals surface area contributed by atoms with Crippen LogP contribution in [0.15, 0.2) is 22.7 Å². The van der Waals surface area contributed by atoms with Gasteiger partial charge in [-0.3, -0.25) is 0 Å². The second kappa shape index (κ2) is 4.56. The topological polar surface area (TPSA) is 12.0 Å². The molecule has 1 aromatic carbocycles. The highest BCUT2D eigenvalue weighted by Gasteiger charge is 2.20. The van der Waals surface area contributed by atoms with Crippen LogP contribution in [0.3, 0.4) is 0 Å². The fourth-order valence-electron chi connectivity index (χ4n) is 2.39. The predicted octanol–water partition coefficient (Wildman–Crippen LogP) is 4.36. The van der Waals surface area contributed by atoms with Gasteiger partial charge in [0.25, 0.3) is 0 Å². The average molecular weight is 268 g/mol. The van der Waals surface area contributed by atoms with Gasteiger partial charge in [-0.15, -0.1) is 0 Å². The molecule has 0 radical (unpaired) electrons. The quantitative estimate of drug-likeness (QED) is 0.840. The van der Waals surface area contributed by atoms with Crippen LogP contribution in [-0.4, -0.2) is 6.04 Å². The van der Waals surface area contributed by atoms with E-state index in [1.165, 1.54) is 30.5 Å². The Bertz CT molecular complexity index is 328. The summed E-state index contributed by atoms with van der Waals surface area (Å²) >= 11 is 3.53. The lowest BCUT2D eigenvalue weighted by molar-refractivity contribution is 0.602. The molecule has 1 aromatic rings. The molecule has 0 aliphatic heterocycles. The smallest absolute Gasteiger partial charge is 0.0356 e. The zero-order valence-electron chi connectivity index (χ0n) is 9.39. The van der Waals surface area contributed by atoms with Gasteiger partial charge in [-0.2, -0.15) is 0 Å². The van der Waals surface area contributed by atoms with E-state index < -0.39 is 0 Å². The second-order valence-electron chi connectivity index (χ2n) is 4.78. The molecule has 0 bridgehead atoms. The molecule has 1 saturated carbocycles. The van der Waals surface area contributed by atoms with Gasteiger partial charge in [-0.1, -0.05) is 22.9 Å². The van der Waals surface area contributed by atoms with E-state index in [1.807, 2.05) is 0 Å². The molecule has 1 N–H and O–H groups in total. The van der Waals surface area contributed by atoms with Crippen molar-refractivity contribution < 1.29 is 0 Å². The third-order valence-electron chi connectivity index (χ3n) is 3.11. The highest BCUT2D eigenvalue weighted by atomic mass is 79.9. The van der Waals surface area contributed by atoms with Crippen molar-refractivity contribution in [2.45, 2.75) is 39.2 Å². The van der Waals surface area contributed by atoms with Crippen LogP contribution in [0.25, 0.3) is 0 Å². The van der Waals surface area contributed by atoms with Crippen LogP contribution in [0.1, 0.15) is 31.7 Å². The lowest BCUT2D eigenvalue weighted by Crippen LogP contribution is -2.15. The number of halogens is 1. The van der Waals surface area contributed by atoms with E-state index >= 15 is 0 Å². The molecule has 15 heavy (non-hydrogen) atoms. The first kappa shape index (κ1) is 11.0. The first-order chi connectivity index (χ1) is 7.13. The Labute approximate surface area is 100 Å². The standard InChI is InChI=1S/C13H18BrN/c1-9-3-4-12(6-9)15-13-7-10(2)5-11(14)8-13/h5,7-9,12,15H,3-4,6H2,1-2H3.